The summed E-state index contributed by atoms with van der Waals surface area (Å²) in [7, 11) is 0. The topological polar surface area (TPSA) is 40.1 Å². The largest absolute Gasteiger partial charge is 0.550 e. The minimum Gasteiger partial charge on any atom is -0.550 e. The summed E-state index contributed by atoms with van der Waals surface area (Å²) < 4.78 is 0. The molecule has 0 aliphatic heterocycles. The maximum absolute atomic E-state index is 9.94. The van der Waals surface area contributed by atoms with Crippen molar-refractivity contribution in [2.75, 3.05) is 0 Å². The second-order valence-corrected chi connectivity index (χ2v) is 2.52. The number of hydrogen-bond donors (Lipinski definition) is 0. The number of rotatable bonds is 6. The van der Waals surface area contributed by atoms with E-state index in [1.165, 1.54) is 12.8 Å². The van der Waals surface area contributed by atoms with Crippen LogP contribution >= 0.6 is 0 Å². The summed E-state index contributed by atoms with van der Waals surface area (Å²) in [4.78, 5) is 9.94. The van der Waals surface area contributed by atoms with Crippen LogP contribution in [0.2, 0.25) is 0 Å². The first-order valence-corrected chi connectivity index (χ1v) is 4.12. The molecule has 0 amide bonds. The van der Waals surface area contributed by atoms with Crippen molar-refractivity contribution in [1.82, 2.24) is 0 Å². The van der Waals surface area contributed by atoms with E-state index in [0.717, 1.165) is 6.42 Å². The second-order valence-electron chi connectivity index (χ2n) is 2.52. The number of aliphatic carboxylic acids is 1. The van der Waals surface area contributed by atoms with Gasteiger partial charge < -0.3 is 9.90 Å². The fraction of sp³-hybridized carbons (Fsp3) is 0.667. The predicted octanol–water partition coefficient (Wildman–Crippen LogP) is 1.26. The molecule has 11 heavy (non-hydrogen) atoms. The Bertz CT molecular complexity index is 128. The van der Waals surface area contributed by atoms with Crippen molar-refractivity contribution in [3.8, 4) is 0 Å². The van der Waals surface area contributed by atoms with Gasteiger partial charge in [0.05, 0.1) is 0 Å². The zero-order chi connectivity index (χ0) is 8.53. The number of carboxylic acid groups (broad SMARTS) is 1. The Kier molecular flexibility index (Phi) is 6.79. The fourth-order valence-corrected chi connectivity index (χ4v) is 0.759. The Morgan fingerprint density at radius 3 is 2.55 bits per heavy atom. The average molecular weight is 155 g/mol. The van der Waals surface area contributed by atoms with Crippen molar-refractivity contribution < 1.29 is 9.90 Å². The standard InChI is InChI=1S/C9H16O2/c1-2-3-4-5-6-7-8-9(10)11/h5-6H,2-4,7-8H2,1H3,(H,10,11)/p-1. The van der Waals surface area contributed by atoms with Crippen molar-refractivity contribution in [3.63, 3.8) is 0 Å². The second kappa shape index (κ2) is 7.32. The van der Waals surface area contributed by atoms with Crippen molar-refractivity contribution in [2.24, 2.45) is 0 Å². The van der Waals surface area contributed by atoms with Crippen LogP contribution in [-0.4, -0.2) is 5.97 Å². The highest BCUT2D eigenvalue weighted by Crippen LogP contribution is 1.97. The quantitative estimate of drug-likeness (QED) is 0.428. The summed E-state index contributed by atoms with van der Waals surface area (Å²) in [5, 5.41) is 9.94. The minimum absolute atomic E-state index is 0.141. The Hall–Kier alpha value is -0.790. The third kappa shape index (κ3) is 9.21. The molecule has 0 N–H and O–H groups in total. The van der Waals surface area contributed by atoms with E-state index in [9.17, 15) is 9.90 Å². The van der Waals surface area contributed by atoms with Crippen LogP contribution < -0.4 is 5.11 Å². The van der Waals surface area contributed by atoms with Gasteiger partial charge >= 0.3 is 0 Å². The molecule has 2 nitrogen and oxygen atoms in total. The number of carboxylic acids is 1. The van der Waals surface area contributed by atoms with E-state index >= 15 is 0 Å². The molecule has 2 heteroatoms. The highest BCUT2D eigenvalue weighted by molar-refractivity contribution is 5.64. The molecular formula is C9H15O2-. The molecule has 0 aliphatic rings. The summed E-state index contributed by atoms with van der Waals surface area (Å²) in [5.74, 6) is -0.967. The van der Waals surface area contributed by atoms with Crippen molar-refractivity contribution >= 4 is 5.97 Å². The summed E-state index contributed by atoms with van der Waals surface area (Å²) in [6.45, 7) is 2.13. The van der Waals surface area contributed by atoms with Gasteiger partial charge in [-0.2, -0.15) is 0 Å². The molecule has 0 aromatic heterocycles. The number of allylic oxidation sites excluding steroid dienone is 2. The molecule has 64 valence electrons. The smallest absolute Gasteiger partial charge is 0.0417 e. The first-order chi connectivity index (χ1) is 5.27. The van der Waals surface area contributed by atoms with Crippen LogP contribution in [0, 0.1) is 0 Å². The van der Waals surface area contributed by atoms with Gasteiger partial charge in [0.15, 0.2) is 0 Å². The minimum atomic E-state index is -0.967. The molecule has 0 spiro atoms. The van der Waals surface area contributed by atoms with Gasteiger partial charge in [-0.05, 0) is 19.3 Å². The van der Waals surface area contributed by atoms with Crippen LogP contribution in [0.3, 0.4) is 0 Å². The van der Waals surface area contributed by atoms with E-state index in [-0.39, 0.29) is 6.42 Å². The van der Waals surface area contributed by atoms with Crippen LogP contribution in [0.15, 0.2) is 12.2 Å². The molecule has 0 aromatic rings. The van der Waals surface area contributed by atoms with Crippen molar-refractivity contribution in [3.05, 3.63) is 12.2 Å². The maximum atomic E-state index is 9.94. The third-order valence-corrected chi connectivity index (χ3v) is 1.41. The van der Waals surface area contributed by atoms with Crippen LogP contribution in [0.5, 0.6) is 0 Å². The maximum Gasteiger partial charge on any atom is 0.0417 e. The lowest BCUT2D eigenvalue weighted by molar-refractivity contribution is -0.305. The monoisotopic (exact) mass is 155 g/mol. The number of hydrogen-bond acceptors (Lipinski definition) is 2. The molecule has 0 radical (unpaired) electrons. The van der Waals surface area contributed by atoms with Crippen molar-refractivity contribution in [2.45, 2.75) is 39.0 Å². The van der Waals surface area contributed by atoms with Gasteiger partial charge in [-0.1, -0.05) is 31.9 Å². The summed E-state index contributed by atoms with van der Waals surface area (Å²) in [6.07, 6.45) is 8.11. The predicted molar refractivity (Wildman–Crippen MR) is 42.9 cm³/mol. The molecule has 0 saturated carbocycles. The zero-order valence-corrected chi connectivity index (χ0v) is 7.01. The number of carbonyl (C=O) groups excluding carboxylic acids is 1. The Morgan fingerprint density at radius 2 is 2.00 bits per heavy atom. The van der Waals surface area contributed by atoms with Gasteiger partial charge in [-0.3, -0.25) is 0 Å². The molecule has 0 unspecified atom stereocenters. The average Bonchev–Trinajstić information content (AvgIpc) is 1.96. The molecule has 0 rings (SSSR count). The molecule has 0 saturated heterocycles. The lowest BCUT2D eigenvalue weighted by atomic mass is 10.2. The van der Waals surface area contributed by atoms with Gasteiger partial charge in [-0.15, -0.1) is 0 Å². The van der Waals surface area contributed by atoms with Gasteiger partial charge in [0.25, 0.3) is 0 Å². The first kappa shape index (κ1) is 10.2. The number of carbonyl (C=O) groups is 1. The lowest BCUT2D eigenvalue weighted by Crippen LogP contribution is -2.21. The molecule has 0 bridgehead atoms. The molecule has 0 aliphatic carbocycles. The van der Waals surface area contributed by atoms with E-state index < -0.39 is 5.97 Å². The first-order valence-electron chi connectivity index (χ1n) is 4.12. The summed E-state index contributed by atoms with van der Waals surface area (Å²) in [5.41, 5.74) is 0. The SMILES string of the molecule is CCCCC=CCCC(=O)[O-]. The number of unbranched alkanes of at least 4 members (excludes halogenated alkanes) is 2. The van der Waals surface area contributed by atoms with E-state index in [0.29, 0.717) is 6.42 Å². The third-order valence-electron chi connectivity index (χ3n) is 1.41. The van der Waals surface area contributed by atoms with Crippen LogP contribution in [-0.2, 0) is 4.79 Å². The van der Waals surface area contributed by atoms with Gasteiger partial charge in [0, 0.05) is 5.97 Å². The van der Waals surface area contributed by atoms with Gasteiger partial charge in [-0.25, -0.2) is 0 Å². The molecule has 0 fully saturated rings. The van der Waals surface area contributed by atoms with Crippen LogP contribution in [0.25, 0.3) is 0 Å². The van der Waals surface area contributed by atoms with Gasteiger partial charge in [0.1, 0.15) is 0 Å². The lowest BCUT2D eigenvalue weighted by Gasteiger charge is -1.95. The molecule has 0 aromatic carbocycles. The highest BCUT2D eigenvalue weighted by atomic mass is 16.4. The summed E-state index contributed by atoms with van der Waals surface area (Å²) in [6, 6.07) is 0. The zero-order valence-electron chi connectivity index (χ0n) is 7.01. The Morgan fingerprint density at radius 1 is 1.36 bits per heavy atom. The Balaban J connectivity index is 3.10. The van der Waals surface area contributed by atoms with E-state index in [1.54, 1.807) is 0 Å². The van der Waals surface area contributed by atoms with Crippen LogP contribution in [0.4, 0.5) is 0 Å². The molecular weight excluding hydrogens is 140 g/mol. The van der Waals surface area contributed by atoms with E-state index in [1.807, 2.05) is 12.2 Å². The highest BCUT2D eigenvalue weighted by Gasteiger charge is 1.82. The fourth-order valence-electron chi connectivity index (χ4n) is 0.759. The molecule has 0 heterocycles. The van der Waals surface area contributed by atoms with Crippen LogP contribution in [0.1, 0.15) is 39.0 Å². The molecule has 0 atom stereocenters. The normalized spacial score (nSPS) is 10.6. The van der Waals surface area contributed by atoms with E-state index in [4.69, 9.17) is 0 Å². The Labute approximate surface area is 67.9 Å². The van der Waals surface area contributed by atoms with Crippen molar-refractivity contribution in [1.29, 1.82) is 0 Å². The summed E-state index contributed by atoms with van der Waals surface area (Å²) >= 11 is 0. The van der Waals surface area contributed by atoms with E-state index in [2.05, 4.69) is 6.92 Å². The van der Waals surface area contributed by atoms with Gasteiger partial charge in [0.2, 0.25) is 0 Å².